The van der Waals surface area contributed by atoms with Crippen LogP contribution in [0.25, 0.3) is 5.69 Å². The van der Waals surface area contributed by atoms with Crippen molar-refractivity contribution in [1.29, 1.82) is 0 Å². The minimum absolute atomic E-state index is 0.321. The molecule has 0 saturated heterocycles. The Hall–Kier alpha value is -3.61. The summed E-state index contributed by atoms with van der Waals surface area (Å²) in [6.45, 7) is 6.25. The van der Waals surface area contributed by atoms with E-state index in [1.807, 2.05) is 45.0 Å². The second-order valence-electron chi connectivity index (χ2n) is 6.97. The van der Waals surface area contributed by atoms with Gasteiger partial charge in [0.15, 0.2) is 6.61 Å². The summed E-state index contributed by atoms with van der Waals surface area (Å²) in [4.78, 5) is 24.0. The molecule has 0 bridgehead atoms. The first kappa shape index (κ1) is 21.1. The first-order valence-electron chi connectivity index (χ1n) is 9.69. The maximum Gasteiger partial charge on any atom is 0.338 e. The predicted octanol–water partition coefficient (Wildman–Crippen LogP) is 3.15. The van der Waals surface area contributed by atoms with Crippen molar-refractivity contribution < 1.29 is 19.1 Å². The Morgan fingerprint density at radius 2 is 1.80 bits per heavy atom. The lowest BCUT2D eigenvalue weighted by Gasteiger charge is -2.11. The zero-order chi connectivity index (χ0) is 21.5. The van der Waals surface area contributed by atoms with Gasteiger partial charge in [-0.3, -0.25) is 4.79 Å². The molecule has 0 fully saturated rings. The average molecular weight is 407 g/mol. The lowest BCUT2D eigenvalue weighted by atomic mass is 10.1. The topological polar surface area (TPSA) is 82.5 Å². The smallest absolute Gasteiger partial charge is 0.338 e. The molecule has 0 unspecified atom stereocenters. The van der Waals surface area contributed by atoms with Gasteiger partial charge in [0.25, 0.3) is 5.91 Å². The Kier molecular flexibility index (Phi) is 6.85. The van der Waals surface area contributed by atoms with Gasteiger partial charge in [0.05, 0.1) is 17.8 Å². The van der Waals surface area contributed by atoms with Gasteiger partial charge in [0.1, 0.15) is 12.4 Å². The van der Waals surface area contributed by atoms with Crippen molar-refractivity contribution >= 4 is 11.9 Å². The molecule has 0 aliphatic heterocycles. The number of benzene rings is 2. The maximum absolute atomic E-state index is 12.1. The Labute approximate surface area is 175 Å². The number of carbonyl (C=O) groups is 2. The zero-order valence-electron chi connectivity index (χ0n) is 17.3. The number of nitrogens with zero attached hydrogens (tertiary/aromatic N) is 2. The van der Waals surface area contributed by atoms with E-state index in [9.17, 15) is 9.59 Å². The number of carbonyl (C=O) groups excluding carboxylic acids is 2. The van der Waals surface area contributed by atoms with E-state index in [2.05, 4.69) is 10.4 Å². The van der Waals surface area contributed by atoms with Gasteiger partial charge in [0.2, 0.25) is 0 Å². The quantitative estimate of drug-likeness (QED) is 0.458. The molecule has 156 valence electrons. The van der Waals surface area contributed by atoms with Crippen molar-refractivity contribution in [1.82, 2.24) is 15.1 Å². The van der Waals surface area contributed by atoms with Crippen molar-refractivity contribution in [3.63, 3.8) is 0 Å². The summed E-state index contributed by atoms with van der Waals surface area (Å²) in [5, 5.41) is 6.89. The molecule has 7 heteroatoms. The van der Waals surface area contributed by atoms with Crippen LogP contribution < -0.4 is 10.1 Å². The second-order valence-corrected chi connectivity index (χ2v) is 6.97. The normalized spacial score (nSPS) is 10.5. The van der Waals surface area contributed by atoms with E-state index in [1.165, 1.54) is 5.56 Å². The van der Waals surface area contributed by atoms with E-state index in [0.29, 0.717) is 18.7 Å². The number of esters is 1. The predicted molar refractivity (Wildman–Crippen MR) is 113 cm³/mol. The van der Waals surface area contributed by atoms with Crippen LogP contribution in [0.15, 0.2) is 54.7 Å². The first-order valence-corrected chi connectivity index (χ1v) is 9.69. The largest absolute Gasteiger partial charge is 0.491 e. The monoisotopic (exact) mass is 407 g/mol. The Balaban J connectivity index is 1.40. The van der Waals surface area contributed by atoms with E-state index in [4.69, 9.17) is 9.47 Å². The molecule has 7 nitrogen and oxygen atoms in total. The Bertz CT molecular complexity index is 1030. The molecule has 0 atom stereocenters. The van der Waals surface area contributed by atoms with Gasteiger partial charge >= 0.3 is 5.97 Å². The van der Waals surface area contributed by atoms with Crippen LogP contribution in [-0.2, 0) is 9.53 Å². The van der Waals surface area contributed by atoms with E-state index >= 15 is 0 Å². The molecule has 0 radical (unpaired) electrons. The fourth-order valence-corrected chi connectivity index (χ4v) is 2.96. The van der Waals surface area contributed by atoms with Crippen LogP contribution >= 0.6 is 0 Å². The number of rotatable bonds is 8. The second kappa shape index (κ2) is 9.73. The minimum Gasteiger partial charge on any atom is -0.491 e. The molecule has 3 rings (SSSR count). The Morgan fingerprint density at radius 1 is 1.03 bits per heavy atom. The molecule has 2 aromatic carbocycles. The minimum atomic E-state index is -0.555. The lowest BCUT2D eigenvalue weighted by molar-refractivity contribution is -0.124. The highest BCUT2D eigenvalue weighted by Crippen LogP contribution is 2.18. The molecule has 30 heavy (non-hydrogen) atoms. The van der Waals surface area contributed by atoms with Crippen LogP contribution in [0.4, 0.5) is 0 Å². The van der Waals surface area contributed by atoms with Gasteiger partial charge in [-0.15, -0.1) is 0 Å². The molecule has 3 aromatic rings. The summed E-state index contributed by atoms with van der Waals surface area (Å²) in [6, 6.07) is 14.7. The highest BCUT2D eigenvalue weighted by Gasteiger charge is 2.11. The third-order valence-electron chi connectivity index (χ3n) is 4.53. The highest BCUT2D eigenvalue weighted by atomic mass is 16.5. The SMILES string of the molecule is Cc1ccc(OCCNC(=O)COC(=O)c2ccc(-n3nccc3C)cc2)c(C)c1. The average Bonchev–Trinajstić information content (AvgIpc) is 3.16. The van der Waals surface area contributed by atoms with Gasteiger partial charge in [-0.05, 0) is 62.7 Å². The van der Waals surface area contributed by atoms with Crippen molar-refractivity contribution in [2.75, 3.05) is 19.8 Å². The summed E-state index contributed by atoms with van der Waals surface area (Å²) < 4.78 is 12.5. The lowest BCUT2D eigenvalue weighted by Crippen LogP contribution is -2.32. The van der Waals surface area contributed by atoms with E-state index in [-0.39, 0.29) is 12.5 Å². The summed E-state index contributed by atoms with van der Waals surface area (Å²) in [6.07, 6.45) is 1.71. The number of amides is 1. The molecular weight excluding hydrogens is 382 g/mol. The van der Waals surface area contributed by atoms with Gasteiger partial charge < -0.3 is 14.8 Å². The van der Waals surface area contributed by atoms with Crippen LogP contribution in [0, 0.1) is 20.8 Å². The molecule has 0 saturated carbocycles. The highest BCUT2D eigenvalue weighted by molar-refractivity contribution is 5.91. The first-order chi connectivity index (χ1) is 14.4. The number of hydrogen-bond acceptors (Lipinski definition) is 5. The van der Waals surface area contributed by atoms with E-state index < -0.39 is 5.97 Å². The molecule has 1 N–H and O–H groups in total. The number of ether oxygens (including phenoxy) is 2. The molecule has 1 heterocycles. The Morgan fingerprint density at radius 3 is 2.47 bits per heavy atom. The molecular formula is C23H25N3O4. The number of hydrogen-bond donors (Lipinski definition) is 1. The van der Waals surface area contributed by atoms with Crippen molar-refractivity contribution in [2.24, 2.45) is 0 Å². The molecule has 1 amide bonds. The van der Waals surface area contributed by atoms with Gasteiger partial charge in [-0.25, -0.2) is 9.48 Å². The van der Waals surface area contributed by atoms with Crippen molar-refractivity contribution in [2.45, 2.75) is 20.8 Å². The summed E-state index contributed by atoms with van der Waals surface area (Å²) in [5.41, 5.74) is 4.42. The summed E-state index contributed by atoms with van der Waals surface area (Å²) >= 11 is 0. The number of nitrogens with one attached hydrogen (secondary N) is 1. The van der Waals surface area contributed by atoms with Crippen LogP contribution in [-0.4, -0.2) is 41.4 Å². The molecule has 0 aliphatic carbocycles. The number of aromatic nitrogens is 2. The van der Waals surface area contributed by atoms with Crippen molar-refractivity contribution in [3.8, 4) is 11.4 Å². The van der Waals surface area contributed by atoms with Gasteiger partial charge in [-0.2, -0.15) is 5.10 Å². The van der Waals surface area contributed by atoms with Gasteiger partial charge in [-0.1, -0.05) is 17.7 Å². The van der Waals surface area contributed by atoms with E-state index in [0.717, 1.165) is 22.7 Å². The summed E-state index contributed by atoms with van der Waals surface area (Å²) in [7, 11) is 0. The third-order valence-corrected chi connectivity index (χ3v) is 4.53. The standard InChI is InChI=1S/C23H25N3O4/c1-16-4-9-21(17(2)14-16)29-13-12-24-22(27)15-30-23(28)19-5-7-20(8-6-19)26-18(3)10-11-25-26/h4-11,14H,12-13,15H2,1-3H3,(H,24,27). The van der Waals surface area contributed by atoms with Crippen LogP contribution in [0.5, 0.6) is 5.75 Å². The summed E-state index contributed by atoms with van der Waals surface area (Å²) in [5.74, 6) is -0.146. The van der Waals surface area contributed by atoms with Crippen LogP contribution in [0.2, 0.25) is 0 Å². The van der Waals surface area contributed by atoms with Gasteiger partial charge in [0, 0.05) is 11.9 Å². The fraction of sp³-hybridized carbons (Fsp3) is 0.261. The van der Waals surface area contributed by atoms with Crippen molar-refractivity contribution in [3.05, 3.63) is 77.1 Å². The zero-order valence-corrected chi connectivity index (χ0v) is 17.3. The third kappa shape index (κ3) is 5.47. The fourth-order valence-electron chi connectivity index (χ4n) is 2.96. The number of aryl methyl sites for hydroxylation is 3. The van der Waals surface area contributed by atoms with Crippen LogP contribution in [0.1, 0.15) is 27.2 Å². The van der Waals surface area contributed by atoms with Crippen LogP contribution in [0.3, 0.4) is 0 Å². The van der Waals surface area contributed by atoms with E-state index in [1.54, 1.807) is 35.1 Å². The molecule has 1 aromatic heterocycles. The molecule has 0 aliphatic rings. The molecule has 0 spiro atoms. The maximum atomic E-state index is 12.1.